The third-order valence-electron chi connectivity index (χ3n) is 3.72. The number of anilines is 1. The topological polar surface area (TPSA) is 65.4 Å². The maximum absolute atomic E-state index is 12.5. The normalized spacial score (nSPS) is 10.8. The molecule has 1 N–H and O–H groups in total. The molecular formula is C19H16ClF2N3O3. The summed E-state index contributed by atoms with van der Waals surface area (Å²) in [6.07, 6.45) is 1.57. The smallest absolute Gasteiger partial charge is 0.387 e. The molecular weight excluding hydrogens is 392 g/mol. The van der Waals surface area contributed by atoms with Crippen molar-refractivity contribution in [2.45, 2.75) is 20.3 Å². The molecule has 3 aromatic rings. The van der Waals surface area contributed by atoms with E-state index in [2.05, 4.69) is 15.2 Å². The van der Waals surface area contributed by atoms with Gasteiger partial charge in [-0.25, -0.2) is 4.68 Å². The highest BCUT2D eigenvalue weighted by Gasteiger charge is 2.14. The lowest BCUT2D eigenvalue weighted by Crippen LogP contribution is -2.15. The van der Waals surface area contributed by atoms with Crippen LogP contribution in [0.15, 0.2) is 54.7 Å². The zero-order chi connectivity index (χ0) is 20.1. The molecule has 0 saturated carbocycles. The Bertz CT molecular complexity index is 979. The van der Waals surface area contributed by atoms with Gasteiger partial charge in [0.2, 0.25) is 0 Å². The third kappa shape index (κ3) is 4.98. The van der Waals surface area contributed by atoms with Crippen LogP contribution in [0.5, 0.6) is 11.5 Å². The van der Waals surface area contributed by atoms with Crippen LogP contribution in [0.3, 0.4) is 0 Å². The van der Waals surface area contributed by atoms with Crippen molar-refractivity contribution >= 4 is 23.2 Å². The zero-order valence-electron chi connectivity index (χ0n) is 14.7. The Hall–Kier alpha value is -3.13. The minimum Gasteiger partial charge on any atom is -0.471 e. The summed E-state index contributed by atoms with van der Waals surface area (Å²) in [5.41, 5.74) is 1.10. The molecule has 1 aromatic heterocycles. The number of carbonyl (C=O) groups is 1. The van der Waals surface area contributed by atoms with Gasteiger partial charge in [0.15, 0.2) is 12.4 Å². The summed E-state index contributed by atoms with van der Waals surface area (Å²) in [6.45, 7) is -1.05. The van der Waals surface area contributed by atoms with Crippen LogP contribution in [0.25, 0.3) is 0 Å². The number of aryl methyl sites for hydroxylation is 1. The number of halogens is 3. The number of amides is 1. The van der Waals surface area contributed by atoms with Crippen LogP contribution < -0.4 is 14.8 Å². The van der Waals surface area contributed by atoms with Crippen molar-refractivity contribution in [2.24, 2.45) is 0 Å². The van der Waals surface area contributed by atoms with Gasteiger partial charge in [-0.1, -0.05) is 23.7 Å². The quantitative estimate of drug-likeness (QED) is 0.614. The van der Waals surface area contributed by atoms with E-state index >= 15 is 0 Å². The predicted molar refractivity (Wildman–Crippen MR) is 100 cm³/mol. The number of para-hydroxylation sites is 2. The second-order valence-corrected chi connectivity index (χ2v) is 6.16. The Morgan fingerprint density at radius 2 is 2.04 bits per heavy atom. The molecule has 0 aliphatic heterocycles. The lowest BCUT2D eigenvalue weighted by Gasteiger charge is -2.10. The number of carbonyl (C=O) groups excluding carboxylic acids is 1. The van der Waals surface area contributed by atoms with Gasteiger partial charge in [-0.15, -0.1) is 0 Å². The maximum atomic E-state index is 12.5. The molecule has 0 aliphatic rings. The van der Waals surface area contributed by atoms with E-state index in [9.17, 15) is 13.6 Å². The van der Waals surface area contributed by atoms with Gasteiger partial charge in [0.1, 0.15) is 11.5 Å². The van der Waals surface area contributed by atoms with E-state index in [1.165, 1.54) is 28.9 Å². The number of nitrogens with zero attached hydrogens (tertiary/aromatic N) is 2. The lowest BCUT2D eigenvalue weighted by molar-refractivity contribution is -0.0493. The molecule has 9 heteroatoms. The molecule has 0 unspecified atom stereocenters. The molecule has 6 nitrogen and oxygen atoms in total. The summed E-state index contributed by atoms with van der Waals surface area (Å²) in [5.74, 6) is -0.0837. The van der Waals surface area contributed by atoms with E-state index in [0.29, 0.717) is 10.8 Å². The molecule has 0 saturated heterocycles. The highest BCUT2D eigenvalue weighted by Crippen LogP contribution is 2.26. The average molecular weight is 408 g/mol. The van der Waals surface area contributed by atoms with Crippen molar-refractivity contribution in [1.29, 1.82) is 0 Å². The first-order valence-corrected chi connectivity index (χ1v) is 8.58. The van der Waals surface area contributed by atoms with Gasteiger partial charge in [-0.05, 0) is 48.9 Å². The Kier molecular flexibility index (Phi) is 6.10. The van der Waals surface area contributed by atoms with E-state index in [-0.39, 0.29) is 23.9 Å². The largest absolute Gasteiger partial charge is 0.471 e. The highest BCUT2D eigenvalue weighted by molar-refractivity contribution is 6.31. The van der Waals surface area contributed by atoms with Gasteiger partial charge in [0.05, 0.1) is 5.69 Å². The zero-order valence-corrected chi connectivity index (χ0v) is 15.5. The number of hydrogen-bond acceptors (Lipinski definition) is 4. The van der Waals surface area contributed by atoms with Crippen LogP contribution in [-0.2, 0) is 6.73 Å². The van der Waals surface area contributed by atoms with Gasteiger partial charge in [0, 0.05) is 11.2 Å². The summed E-state index contributed by atoms with van der Waals surface area (Å²) in [4.78, 5) is 12.3. The molecule has 146 valence electrons. The van der Waals surface area contributed by atoms with Gasteiger partial charge in [0.25, 0.3) is 5.91 Å². The van der Waals surface area contributed by atoms with Crippen LogP contribution in [-0.4, -0.2) is 22.3 Å². The average Bonchev–Trinajstić information content (AvgIpc) is 3.13. The first-order valence-electron chi connectivity index (χ1n) is 8.20. The second-order valence-electron chi connectivity index (χ2n) is 5.75. The molecule has 3 rings (SSSR count). The molecule has 0 aliphatic carbocycles. The number of rotatable bonds is 7. The van der Waals surface area contributed by atoms with Crippen LogP contribution >= 0.6 is 11.6 Å². The van der Waals surface area contributed by atoms with Gasteiger partial charge in [-0.2, -0.15) is 13.9 Å². The first kappa shape index (κ1) is 19.6. The molecule has 0 fully saturated rings. The van der Waals surface area contributed by atoms with E-state index in [0.717, 1.165) is 5.56 Å². The number of hydrogen-bond donors (Lipinski definition) is 1. The van der Waals surface area contributed by atoms with Crippen molar-refractivity contribution in [2.75, 3.05) is 5.32 Å². The van der Waals surface area contributed by atoms with Crippen molar-refractivity contribution in [3.05, 3.63) is 71.0 Å². The Labute approximate surface area is 164 Å². The second kappa shape index (κ2) is 8.71. The highest BCUT2D eigenvalue weighted by atomic mass is 35.5. The minimum absolute atomic E-state index is 0.0828. The third-order valence-corrected chi connectivity index (χ3v) is 4.14. The Morgan fingerprint density at radius 1 is 1.25 bits per heavy atom. The van der Waals surface area contributed by atoms with Crippen LogP contribution in [0, 0.1) is 6.92 Å². The SMILES string of the molecule is Cc1cc(OCn2ccc(C(=O)Nc3ccccc3OC(F)F)n2)ccc1Cl. The minimum atomic E-state index is -2.99. The molecule has 2 aromatic carbocycles. The molecule has 0 bridgehead atoms. The van der Waals surface area contributed by atoms with Crippen LogP contribution in [0.1, 0.15) is 16.1 Å². The van der Waals surface area contributed by atoms with E-state index in [4.69, 9.17) is 16.3 Å². The van der Waals surface area contributed by atoms with Gasteiger partial charge >= 0.3 is 6.61 Å². The van der Waals surface area contributed by atoms with E-state index in [1.807, 2.05) is 6.92 Å². The maximum Gasteiger partial charge on any atom is 0.387 e. The van der Waals surface area contributed by atoms with E-state index < -0.39 is 12.5 Å². The summed E-state index contributed by atoms with van der Waals surface area (Å²) >= 11 is 5.97. The Morgan fingerprint density at radius 3 is 2.79 bits per heavy atom. The first-order chi connectivity index (χ1) is 13.4. The number of benzene rings is 2. The molecule has 0 atom stereocenters. The number of ether oxygens (including phenoxy) is 2. The monoisotopic (exact) mass is 407 g/mol. The number of aromatic nitrogens is 2. The summed E-state index contributed by atoms with van der Waals surface area (Å²) < 4.78 is 36.4. The summed E-state index contributed by atoms with van der Waals surface area (Å²) in [5, 5.41) is 7.26. The molecule has 1 heterocycles. The van der Waals surface area contributed by atoms with Gasteiger partial charge in [-0.3, -0.25) is 4.79 Å². The molecule has 0 radical (unpaired) electrons. The summed E-state index contributed by atoms with van der Waals surface area (Å²) in [7, 11) is 0. The molecule has 1 amide bonds. The van der Waals surface area contributed by atoms with E-state index in [1.54, 1.807) is 30.5 Å². The fourth-order valence-corrected chi connectivity index (χ4v) is 2.47. The van der Waals surface area contributed by atoms with Crippen molar-refractivity contribution in [1.82, 2.24) is 9.78 Å². The molecule has 0 spiro atoms. The molecule has 28 heavy (non-hydrogen) atoms. The van der Waals surface area contributed by atoms with Gasteiger partial charge < -0.3 is 14.8 Å². The van der Waals surface area contributed by atoms with Crippen molar-refractivity contribution < 1.29 is 23.0 Å². The fourth-order valence-electron chi connectivity index (χ4n) is 2.36. The number of nitrogens with one attached hydrogen (secondary N) is 1. The van der Waals surface area contributed by atoms with Crippen LogP contribution in [0.4, 0.5) is 14.5 Å². The standard InChI is InChI=1S/C19H16ClF2N3O3/c1-12-10-13(6-7-14(12)20)27-11-25-9-8-16(24-25)18(26)23-15-4-2-3-5-17(15)28-19(21)22/h2-10,19H,11H2,1H3,(H,23,26). The summed E-state index contributed by atoms with van der Waals surface area (Å²) in [6, 6.07) is 12.6. The van der Waals surface area contributed by atoms with Crippen LogP contribution in [0.2, 0.25) is 5.02 Å². The fraction of sp³-hybridized carbons (Fsp3) is 0.158. The number of alkyl halides is 2. The Balaban J connectivity index is 1.63. The van der Waals surface area contributed by atoms with Crippen molar-refractivity contribution in [3.63, 3.8) is 0 Å². The lowest BCUT2D eigenvalue weighted by atomic mass is 10.2. The van der Waals surface area contributed by atoms with Crippen molar-refractivity contribution in [3.8, 4) is 11.5 Å². The predicted octanol–water partition coefficient (Wildman–Crippen LogP) is 4.74.